The summed E-state index contributed by atoms with van der Waals surface area (Å²) in [5.74, 6) is 0.446. The maximum Gasteiger partial charge on any atom is 0.256 e. The molecule has 1 aliphatic rings. The van der Waals surface area contributed by atoms with Gasteiger partial charge in [0.1, 0.15) is 5.75 Å². The molecule has 2 aromatic rings. The van der Waals surface area contributed by atoms with Crippen LogP contribution in [0.2, 0.25) is 0 Å². The van der Waals surface area contributed by atoms with Crippen LogP contribution >= 0.6 is 0 Å². The average molecular weight is 311 g/mol. The minimum atomic E-state index is -1.08. The van der Waals surface area contributed by atoms with E-state index in [2.05, 4.69) is 0 Å². The summed E-state index contributed by atoms with van der Waals surface area (Å²) in [5, 5.41) is 19.6. The number of rotatable bonds is 3. The molecule has 1 heterocycles. The fourth-order valence-electron chi connectivity index (χ4n) is 3.13. The summed E-state index contributed by atoms with van der Waals surface area (Å²) in [5.41, 5.74) is 1.83. The van der Waals surface area contributed by atoms with Crippen molar-refractivity contribution < 1.29 is 15.0 Å². The highest BCUT2D eigenvalue weighted by Gasteiger charge is 2.28. The van der Waals surface area contributed by atoms with Crippen LogP contribution in [0.1, 0.15) is 36.0 Å². The van der Waals surface area contributed by atoms with Gasteiger partial charge in [0.05, 0.1) is 0 Å². The number of amides is 1. The highest BCUT2D eigenvalue weighted by Crippen LogP contribution is 2.30. The molecule has 120 valence electrons. The second-order valence-electron chi connectivity index (χ2n) is 6.00. The van der Waals surface area contributed by atoms with E-state index >= 15 is 0 Å². The fraction of sp³-hybridized carbons (Fsp3) is 0.316. The van der Waals surface area contributed by atoms with Crippen LogP contribution in [0, 0.1) is 0 Å². The molecule has 1 aliphatic heterocycles. The number of aliphatic hydroxyl groups is 1. The Balaban J connectivity index is 1.60. The summed E-state index contributed by atoms with van der Waals surface area (Å²) in [6.07, 6.45) is 0.664. The molecule has 23 heavy (non-hydrogen) atoms. The van der Waals surface area contributed by atoms with Gasteiger partial charge in [-0.25, -0.2) is 0 Å². The van der Waals surface area contributed by atoms with Gasteiger partial charge in [-0.2, -0.15) is 0 Å². The van der Waals surface area contributed by atoms with E-state index in [4.69, 9.17) is 0 Å². The number of likely N-dealkylation sites (tertiary alicyclic amines) is 1. The lowest BCUT2D eigenvalue weighted by Gasteiger charge is -2.33. The number of phenols is 1. The molecule has 0 saturated carbocycles. The maximum absolute atomic E-state index is 12.4. The van der Waals surface area contributed by atoms with Crippen LogP contribution in [0.25, 0.3) is 0 Å². The van der Waals surface area contributed by atoms with E-state index in [0.717, 1.165) is 12.8 Å². The molecule has 3 rings (SSSR count). The summed E-state index contributed by atoms with van der Waals surface area (Å²) < 4.78 is 0. The zero-order valence-electron chi connectivity index (χ0n) is 12.9. The molecule has 0 spiro atoms. The van der Waals surface area contributed by atoms with Crippen molar-refractivity contribution in [3.8, 4) is 5.75 Å². The molecule has 4 heteroatoms. The van der Waals surface area contributed by atoms with Gasteiger partial charge < -0.3 is 15.1 Å². The van der Waals surface area contributed by atoms with E-state index in [1.165, 1.54) is 5.56 Å². The molecule has 0 bridgehead atoms. The van der Waals surface area contributed by atoms with Gasteiger partial charge in [0, 0.05) is 13.1 Å². The van der Waals surface area contributed by atoms with Gasteiger partial charge in [-0.05, 0) is 42.0 Å². The maximum atomic E-state index is 12.4. The van der Waals surface area contributed by atoms with Crippen molar-refractivity contribution in [3.05, 3.63) is 65.7 Å². The second kappa shape index (κ2) is 6.84. The molecule has 4 nitrogen and oxygen atoms in total. The lowest BCUT2D eigenvalue weighted by Crippen LogP contribution is -2.40. The Hall–Kier alpha value is -2.33. The third-order valence-corrected chi connectivity index (χ3v) is 4.52. The number of phenolic OH excluding ortho intramolecular Hbond substituents is 1. The van der Waals surface area contributed by atoms with E-state index in [1.54, 1.807) is 29.2 Å². The SMILES string of the molecule is O=C(C(O)c1ccccc1)N1CCC(c2ccc(O)cc2)CC1. The van der Waals surface area contributed by atoms with E-state index < -0.39 is 6.10 Å². The summed E-state index contributed by atoms with van der Waals surface area (Å²) in [6, 6.07) is 16.3. The standard InChI is InChI=1S/C19H21NO3/c21-17-8-6-14(7-9-17)15-10-12-20(13-11-15)19(23)18(22)16-4-2-1-3-5-16/h1-9,15,18,21-22H,10-13H2. The van der Waals surface area contributed by atoms with Crippen LogP contribution in [0.15, 0.2) is 54.6 Å². The molecular weight excluding hydrogens is 290 g/mol. The number of nitrogens with zero attached hydrogens (tertiary/aromatic N) is 1. The Kier molecular flexibility index (Phi) is 4.63. The summed E-state index contributed by atoms with van der Waals surface area (Å²) in [7, 11) is 0. The van der Waals surface area contributed by atoms with E-state index in [0.29, 0.717) is 24.6 Å². The smallest absolute Gasteiger partial charge is 0.256 e. The number of piperidine rings is 1. The van der Waals surface area contributed by atoms with E-state index in [1.807, 2.05) is 30.3 Å². The number of carbonyl (C=O) groups is 1. The predicted molar refractivity (Wildman–Crippen MR) is 88.1 cm³/mol. The highest BCUT2D eigenvalue weighted by atomic mass is 16.3. The number of aromatic hydroxyl groups is 1. The fourth-order valence-corrected chi connectivity index (χ4v) is 3.13. The minimum absolute atomic E-state index is 0.222. The van der Waals surface area contributed by atoms with E-state index in [9.17, 15) is 15.0 Å². The number of carbonyl (C=O) groups excluding carboxylic acids is 1. The summed E-state index contributed by atoms with van der Waals surface area (Å²) in [6.45, 7) is 1.29. The molecule has 1 unspecified atom stereocenters. The molecular formula is C19H21NO3. The van der Waals surface area contributed by atoms with Crippen molar-refractivity contribution in [1.82, 2.24) is 4.90 Å². The largest absolute Gasteiger partial charge is 0.508 e. The van der Waals surface area contributed by atoms with Crippen molar-refractivity contribution in [2.75, 3.05) is 13.1 Å². The molecule has 0 radical (unpaired) electrons. The molecule has 1 amide bonds. The van der Waals surface area contributed by atoms with E-state index in [-0.39, 0.29) is 11.7 Å². The average Bonchev–Trinajstić information content (AvgIpc) is 2.62. The van der Waals surface area contributed by atoms with Gasteiger partial charge in [-0.15, -0.1) is 0 Å². The summed E-state index contributed by atoms with van der Waals surface area (Å²) in [4.78, 5) is 14.2. The third kappa shape index (κ3) is 3.54. The first kappa shape index (κ1) is 15.6. The molecule has 0 aromatic heterocycles. The van der Waals surface area contributed by atoms with Gasteiger partial charge in [-0.1, -0.05) is 42.5 Å². The minimum Gasteiger partial charge on any atom is -0.508 e. The predicted octanol–water partition coefficient (Wildman–Crippen LogP) is 2.83. The zero-order chi connectivity index (χ0) is 16.2. The van der Waals surface area contributed by atoms with Gasteiger partial charge in [-0.3, -0.25) is 4.79 Å². The van der Waals surface area contributed by atoms with Crippen molar-refractivity contribution in [2.24, 2.45) is 0 Å². The molecule has 1 saturated heterocycles. The lowest BCUT2D eigenvalue weighted by molar-refractivity contribution is -0.141. The number of hydrogen-bond acceptors (Lipinski definition) is 3. The van der Waals surface area contributed by atoms with Gasteiger partial charge in [0.2, 0.25) is 0 Å². The normalized spacial score (nSPS) is 17.0. The van der Waals surface area contributed by atoms with Crippen molar-refractivity contribution in [2.45, 2.75) is 24.9 Å². The topological polar surface area (TPSA) is 60.8 Å². The molecule has 1 atom stereocenters. The second-order valence-corrected chi connectivity index (χ2v) is 6.00. The molecule has 2 N–H and O–H groups in total. The zero-order valence-corrected chi connectivity index (χ0v) is 12.9. The third-order valence-electron chi connectivity index (χ3n) is 4.52. The Morgan fingerprint density at radius 2 is 1.61 bits per heavy atom. The first-order valence-electron chi connectivity index (χ1n) is 7.96. The van der Waals surface area contributed by atoms with Crippen molar-refractivity contribution >= 4 is 5.91 Å². The Bertz CT molecular complexity index is 646. The number of aliphatic hydroxyl groups excluding tert-OH is 1. The van der Waals surface area contributed by atoms with Crippen LogP contribution in [0.4, 0.5) is 0 Å². The summed E-state index contributed by atoms with van der Waals surface area (Å²) >= 11 is 0. The van der Waals surface area contributed by atoms with Crippen LogP contribution < -0.4 is 0 Å². The Labute approximate surface area is 136 Å². The first-order chi connectivity index (χ1) is 11.1. The van der Waals surface area contributed by atoms with Gasteiger partial charge in [0.25, 0.3) is 5.91 Å². The Morgan fingerprint density at radius 1 is 1.00 bits per heavy atom. The molecule has 0 aliphatic carbocycles. The number of benzene rings is 2. The first-order valence-corrected chi connectivity index (χ1v) is 7.96. The highest BCUT2D eigenvalue weighted by molar-refractivity contribution is 5.82. The van der Waals surface area contributed by atoms with Crippen molar-refractivity contribution in [3.63, 3.8) is 0 Å². The van der Waals surface area contributed by atoms with Crippen LogP contribution in [0.5, 0.6) is 5.75 Å². The van der Waals surface area contributed by atoms with Crippen LogP contribution in [0.3, 0.4) is 0 Å². The lowest BCUT2D eigenvalue weighted by atomic mass is 9.89. The molecule has 2 aromatic carbocycles. The van der Waals surface area contributed by atoms with Crippen LogP contribution in [-0.2, 0) is 4.79 Å². The van der Waals surface area contributed by atoms with Gasteiger partial charge in [0.15, 0.2) is 6.10 Å². The van der Waals surface area contributed by atoms with Crippen molar-refractivity contribution in [1.29, 1.82) is 0 Å². The molecule has 1 fully saturated rings. The Morgan fingerprint density at radius 3 is 2.22 bits per heavy atom. The number of hydrogen-bond donors (Lipinski definition) is 2. The van der Waals surface area contributed by atoms with Crippen LogP contribution in [-0.4, -0.2) is 34.1 Å². The quantitative estimate of drug-likeness (QED) is 0.916. The van der Waals surface area contributed by atoms with Gasteiger partial charge >= 0.3 is 0 Å². The monoisotopic (exact) mass is 311 g/mol.